The van der Waals surface area contributed by atoms with Crippen molar-refractivity contribution < 1.29 is 27.5 Å². The van der Waals surface area contributed by atoms with Crippen LogP contribution >= 0.6 is 23.2 Å². The van der Waals surface area contributed by atoms with E-state index in [1.165, 1.54) is 6.07 Å². The van der Waals surface area contributed by atoms with Crippen LogP contribution in [0.4, 0.5) is 17.6 Å². The molecule has 1 amide bonds. The lowest BCUT2D eigenvalue weighted by Gasteiger charge is -2.40. The van der Waals surface area contributed by atoms with Gasteiger partial charge in [0.15, 0.2) is 0 Å². The lowest BCUT2D eigenvalue weighted by Crippen LogP contribution is -2.48. The molecule has 1 aromatic heterocycles. The molecule has 1 atom stereocenters. The third-order valence-corrected chi connectivity index (χ3v) is 5.80. The van der Waals surface area contributed by atoms with E-state index in [0.717, 1.165) is 6.20 Å². The van der Waals surface area contributed by atoms with Crippen LogP contribution in [0.5, 0.6) is 0 Å². The second-order valence-corrected chi connectivity index (χ2v) is 8.07. The van der Waals surface area contributed by atoms with Crippen molar-refractivity contribution in [2.75, 3.05) is 0 Å². The fourth-order valence-corrected chi connectivity index (χ4v) is 4.11. The summed E-state index contributed by atoms with van der Waals surface area (Å²) >= 11 is 11.8. The van der Waals surface area contributed by atoms with Crippen molar-refractivity contribution in [1.82, 2.24) is 10.3 Å². The van der Waals surface area contributed by atoms with Crippen molar-refractivity contribution in [3.63, 3.8) is 0 Å². The standard InChI is InChI=1S/C20H18Cl2F4N2O2/c21-12-3-1-2-11(10-12)17(19(30)7-4-13(23)5-8-19)28-18(29)16-15(22)14(6-9-27-16)20(24,25)26/h1-3,6,9-10,13,17,30H,4-5,7-8H2,(H,28,29)/t13-,17?,19+. The minimum absolute atomic E-state index is 0.0510. The van der Waals surface area contributed by atoms with Crippen molar-refractivity contribution in [2.24, 2.45) is 0 Å². The number of halogens is 6. The van der Waals surface area contributed by atoms with Gasteiger partial charge in [0.05, 0.1) is 22.2 Å². The minimum atomic E-state index is -4.76. The van der Waals surface area contributed by atoms with Gasteiger partial charge in [-0.3, -0.25) is 4.79 Å². The van der Waals surface area contributed by atoms with E-state index in [1.807, 2.05) is 0 Å². The number of rotatable bonds is 4. The van der Waals surface area contributed by atoms with E-state index in [0.29, 0.717) is 16.7 Å². The maximum absolute atomic E-state index is 13.6. The summed E-state index contributed by atoms with van der Waals surface area (Å²) in [6.07, 6.45) is -4.72. The Hall–Kier alpha value is -1.90. The van der Waals surface area contributed by atoms with Crippen molar-refractivity contribution in [3.05, 3.63) is 63.4 Å². The molecule has 2 aromatic rings. The lowest BCUT2D eigenvalue weighted by atomic mass is 9.76. The Balaban J connectivity index is 1.97. The van der Waals surface area contributed by atoms with E-state index in [4.69, 9.17) is 23.2 Å². The molecule has 4 nitrogen and oxygen atoms in total. The third-order valence-electron chi connectivity index (χ3n) is 5.19. The Labute approximate surface area is 180 Å². The van der Waals surface area contributed by atoms with Crippen molar-refractivity contribution in [1.29, 1.82) is 0 Å². The number of aromatic nitrogens is 1. The number of benzene rings is 1. The first kappa shape index (κ1) is 22.8. The average molecular weight is 465 g/mol. The fourth-order valence-electron chi connectivity index (χ4n) is 3.61. The number of hydrogen-bond acceptors (Lipinski definition) is 3. The highest BCUT2D eigenvalue weighted by Crippen LogP contribution is 2.41. The molecule has 1 aliphatic carbocycles. The van der Waals surface area contributed by atoms with E-state index in [2.05, 4.69) is 10.3 Å². The summed E-state index contributed by atoms with van der Waals surface area (Å²) in [6.45, 7) is 0. The molecule has 0 radical (unpaired) electrons. The highest BCUT2D eigenvalue weighted by Gasteiger charge is 2.43. The molecule has 162 valence electrons. The van der Waals surface area contributed by atoms with Gasteiger partial charge in [-0.1, -0.05) is 35.3 Å². The van der Waals surface area contributed by atoms with Crippen molar-refractivity contribution in [2.45, 2.75) is 49.7 Å². The Morgan fingerprint density at radius 1 is 1.23 bits per heavy atom. The van der Waals surface area contributed by atoms with E-state index < -0.39 is 46.2 Å². The van der Waals surface area contributed by atoms with Crippen LogP contribution < -0.4 is 5.32 Å². The van der Waals surface area contributed by atoms with Crippen LogP contribution in [0.2, 0.25) is 10.0 Å². The largest absolute Gasteiger partial charge is 0.417 e. The molecule has 30 heavy (non-hydrogen) atoms. The van der Waals surface area contributed by atoms with Gasteiger partial charge in [-0.2, -0.15) is 13.2 Å². The Bertz CT molecular complexity index is 931. The van der Waals surface area contributed by atoms with Gasteiger partial charge in [-0.25, -0.2) is 9.37 Å². The SMILES string of the molecule is O=C(NC(c1cccc(Cl)c1)[C@]1(O)CC[C@@H](F)CC1)c1nccc(C(F)(F)F)c1Cl. The number of nitrogens with zero attached hydrogens (tertiary/aromatic N) is 1. The second kappa shape index (κ2) is 8.69. The zero-order chi connectivity index (χ0) is 22.1. The molecule has 1 fully saturated rings. The summed E-state index contributed by atoms with van der Waals surface area (Å²) in [5, 5.41) is 13.2. The van der Waals surface area contributed by atoms with Gasteiger partial charge in [-0.05, 0) is 49.4 Å². The second-order valence-electron chi connectivity index (χ2n) is 7.26. The minimum Gasteiger partial charge on any atom is -0.387 e. The van der Waals surface area contributed by atoms with Gasteiger partial charge in [0.1, 0.15) is 11.9 Å². The molecule has 1 aromatic carbocycles. The number of nitrogens with one attached hydrogen (secondary N) is 1. The molecule has 1 aliphatic rings. The topological polar surface area (TPSA) is 62.2 Å². The highest BCUT2D eigenvalue weighted by molar-refractivity contribution is 6.34. The average Bonchev–Trinajstić information content (AvgIpc) is 2.67. The van der Waals surface area contributed by atoms with Crippen LogP contribution in [-0.4, -0.2) is 27.8 Å². The van der Waals surface area contributed by atoms with Gasteiger partial charge in [-0.15, -0.1) is 0 Å². The number of amides is 1. The van der Waals surface area contributed by atoms with E-state index in [-0.39, 0.29) is 25.7 Å². The Morgan fingerprint density at radius 3 is 2.50 bits per heavy atom. The number of aliphatic hydroxyl groups is 1. The molecule has 1 saturated carbocycles. The van der Waals surface area contributed by atoms with Gasteiger partial charge in [0.25, 0.3) is 5.91 Å². The molecular formula is C20H18Cl2F4N2O2. The predicted octanol–water partition coefficient (Wildman–Crippen LogP) is 5.52. The third kappa shape index (κ3) is 4.87. The van der Waals surface area contributed by atoms with Crippen molar-refractivity contribution >= 4 is 29.1 Å². The zero-order valence-corrected chi connectivity index (χ0v) is 17.0. The highest BCUT2D eigenvalue weighted by atomic mass is 35.5. The maximum atomic E-state index is 13.6. The molecule has 0 aliphatic heterocycles. The van der Waals surface area contributed by atoms with Crippen LogP contribution in [0.25, 0.3) is 0 Å². The lowest BCUT2D eigenvalue weighted by molar-refractivity contribution is -0.137. The molecule has 0 saturated heterocycles. The first-order valence-corrected chi connectivity index (χ1v) is 9.91. The molecule has 10 heteroatoms. The summed E-state index contributed by atoms with van der Waals surface area (Å²) in [4.78, 5) is 16.5. The normalized spacial score (nSPS) is 23.1. The molecule has 0 spiro atoms. The Morgan fingerprint density at radius 2 is 1.90 bits per heavy atom. The van der Waals surface area contributed by atoms with E-state index in [1.54, 1.807) is 18.2 Å². The number of carbonyl (C=O) groups is 1. The number of carbonyl (C=O) groups excluding carboxylic acids is 1. The van der Waals surface area contributed by atoms with E-state index >= 15 is 0 Å². The summed E-state index contributed by atoms with van der Waals surface area (Å²) in [7, 11) is 0. The fraction of sp³-hybridized carbons (Fsp3) is 0.400. The number of hydrogen-bond donors (Lipinski definition) is 2. The number of pyridine rings is 1. The van der Waals surface area contributed by atoms with Gasteiger partial charge in [0, 0.05) is 11.2 Å². The molecule has 1 heterocycles. The van der Waals surface area contributed by atoms with Crippen LogP contribution in [-0.2, 0) is 6.18 Å². The maximum Gasteiger partial charge on any atom is 0.417 e. The molecule has 1 unspecified atom stereocenters. The summed E-state index contributed by atoms with van der Waals surface area (Å²) < 4.78 is 53.0. The van der Waals surface area contributed by atoms with E-state index in [9.17, 15) is 27.5 Å². The smallest absolute Gasteiger partial charge is 0.387 e. The zero-order valence-electron chi connectivity index (χ0n) is 15.5. The van der Waals surface area contributed by atoms with Crippen molar-refractivity contribution in [3.8, 4) is 0 Å². The molecule has 0 bridgehead atoms. The van der Waals surface area contributed by atoms with Crippen LogP contribution in [0.3, 0.4) is 0 Å². The predicted molar refractivity (Wildman–Crippen MR) is 104 cm³/mol. The van der Waals surface area contributed by atoms with Crippen LogP contribution in [0, 0.1) is 0 Å². The van der Waals surface area contributed by atoms with Crippen LogP contribution in [0.1, 0.15) is 53.3 Å². The monoisotopic (exact) mass is 464 g/mol. The first-order chi connectivity index (χ1) is 14.0. The number of alkyl halides is 4. The summed E-state index contributed by atoms with van der Waals surface area (Å²) in [5.74, 6) is -0.994. The summed E-state index contributed by atoms with van der Waals surface area (Å²) in [6, 6.07) is 5.95. The van der Waals surface area contributed by atoms with Gasteiger partial charge in [0.2, 0.25) is 0 Å². The Kier molecular flexibility index (Phi) is 6.60. The van der Waals surface area contributed by atoms with Gasteiger partial charge < -0.3 is 10.4 Å². The quantitative estimate of drug-likeness (QED) is 0.585. The van der Waals surface area contributed by atoms with Crippen LogP contribution in [0.15, 0.2) is 36.5 Å². The molecule has 3 rings (SSSR count). The summed E-state index contributed by atoms with van der Waals surface area (Å²) in [5.41, 5.74) is -2.91. The first-order valence-electron chi connectivity index (χ1n) is 9.16. The molecule has 2 N–H and O–H groups in total. The van der Waals surface area contributed by atoms with Gasteiger partial charge >= 0.3 is 6.18 Å². The molecular weight excluding hydrogens is 447 g/mol.